The first-order valence-electron chi connectivity index (χ1n) is 8.61. The van der Waals surface area contributed by atoms with E-state index in [4.69, 9.17) is 9.15 Å². The number of fused-ring (bicyclic) bond motifs is 3. The summed E-state index contributed by atoms with van der Waals surface area (Å²) in [5.41, 5.74) is 5.39. The van der Waals surface area contributed by atoms with Crippen molar-refractivity contribution in [2.75, 3.05) is 11.6 Å². The molecule has 128 valence electrons. The van der Waals surface area contributed by atoms with Crippen LogP contribution in [0.4, 0.5) is 5.69 Å². The number of para-hydroxylation sites is 1. The summed E-state index contributed by atoms with van der Waals surface area (Å²) in [5.74, 6) is 0.795. The average Bonchev–Trinajstić information content (AvgIpc) is 2.65. The van der Waals surface area contributed by atoms with E-state index in [9.17, 15) is 4.79 Å². The molecule has 0 saturated carbocycles. The van der Waals surface area contributed by atoms with Crippen LogP contribution in [0.2, 0.25) is 0 Å². The first kappa shape index (κ1) is 15.8. The van der Waals surface area contributed by atoms with Gasteiger partial charge in [0.1, 0.15) is 11.3 Å². The molecule has 0 amide bonds. The van der Waals surface area contributed by atoms with Crippen molar-refractivity contribution < 1.29 is 9.15 Å². The molecule has 0 atom stereocenters. The van der Waals surface area contributed by atoms with Gasteiger partial charge >= 0.3 is 5.63 Å². The number of benzene rings is 2. The molecule has 0 N–H and O–H groups in total. The molecule has 0 bridgehead atoms. The Hall–Kier alpha value is -2.75. The van der Waals surface area contributed by atoms with Gasteiger partial charge in [-0.25, -0.2) is 4.79 Å². The van der Waals surface area contributed by atoms with Gasteiger partial charge in [0.2, 0.25) is 0 Å². The standard InChI is InChI=1S/C21H21NO3/c1-4-15-7-5-6-8-18(15)22-11-17-19(24-12-22)10-9-16-13(2)14(3)21(23)25-20(16)17/h5-10H,4,11-12H2,1-3H3. The van der Waals surface area contributed by atoms with Crippen molar-refractivity contribution >= 4 is 16.7 Å². The van der Waals surface area contributed by atoms with Crippen molar-refractivity contribution in [1.82, 2.24) is 0 Å². The van der Waals surface area contributed by atoms with Gasteiger partial charge in [-0.1, -0.05) is 25.1 Å². The minimum absolute atomic E-state index is 0.274. The highest BCUT2D eigenvalue weighted by molar-refractivity contribution is 5.86. The topological polar surface area (TPSA) is 42.7 Å². The SMILES string of the molecule is CCc1ccccc1N1COc2ccc3c(C)c(C)c(=O)oc3c2C1. The molecule has 2 heterocycles. The largest absolute Gasteiger partial charge is 0.473 e. The van der Waals surface area contributed by atoms with Crippen molar-refractivity contribution in [3.63, 3.8) is 0 Å². The van der Waals surface area contributed by atoms with Gasteiger partial charge in [-0.15, -0.1) is 0 Å². The summed E-state index contributed by atoms with van der Waals surface area (Å²) in [6, 6.07) is 12.3. The Kier molecular flexibility index (Phi) is 3.75. The highest BCUT2D eigenvalue weighted by atomic mass is 16.5. The highest BCUT2D eigenvalue weighted by Gasteiger charge is 2.23. The number of anilines is 1. The van der Waals surface area contributed by atoms with Crippen molar-refractivity contribution in [3.8, 4) is 5.75 Å². The Morgan fingerprint density at radius 3 is 2.68 bits per heavy atom. The van der Waals surface area contributed by atoms with Crippen LogP contribution >= 0.6 is 0 Å². The summed E-state index contributed by atoms with van der Waals surface area (Å²) < 4.78 is 11.6. The maximum absolute atomic E-state index is 12.2. The minimum Gasteiger partial charge on any atom is -0.473 e. The molecule has 1 aliphatic heterocycles. The zero-order chi connectivity index (χ0) is 17.6. The van der Waals surface area contributed by atoms with Gasteiger partial charge in [0.05, 0.1) is 12.1 Å². The second-order valence-electron chi connectivity index (χ2n) is 6.51. The molecule has 0 radical (unpaired) electrons. The second kappa shape index (κ2) is 5.96. The maximum atomic E-state index is 12.2. The van der Waals surface area contributed by atoms with Crippen LogP contribution in [0.1, 0.15) is 29.2 Å². The van der Waals surface area contributed by atoms with E-state index in [0.717, 1.165) is 28.7 Å². The zero-order valence-corrected chi connectivity index (χ0v) is 14.8. The van der Waals surface area contributed by atoms with E-state index < -0.39 is 0 Å². The fourth-order valence-electron chi connectivity index (χ4n) is 3.49. The molecule has 0 fully saturated rings. The van der Waals surface area contributed by atoms with Gasteiger partial charge in [0.15, 0.2) is 6.73 Å². The smallest absolute Gasteiger partial charge is 0.339 e. The molecule has 3 aromatic rings. The number of aryl methyl sites for hydroxylation is 2. The van der Waals surface area contributed by atoms with Gasteiger partial charge < -0.3 is 14.1 Å². The molecule has 2 aromatic carbocycles. The predicted octanol–water partition coefficient (Wildman–Crippen LogP) is 4.33. The third kappa shape index (κ3) is 2.49. The number of hydrogen-bond acceptors (Lipinski definition) is 4. The van der Waals surface area contributed by atoms with E-state index in [0.29, 0.717) is 24.4 Å². The first-order chi connectivity index (χ1) is 12.1. The van der Waals surface area contributed by atoms with E-state index >= 15 is 0 Å². The molecule has 0 saturated heterocycles. The lowest BCUT2D eigenvalue weighted by molar-refractivity contribution is 0.289. The normalized spacial score (nSPS) is 13.6. The molecule has 1 aliphatic rings. The van der Waals surface area contributed by atoms with E-state index in [1.807, 2.05) is 25.1 Å². The Morgan fingerprint density at radius 1 is 1.08 bits per heavy atom. The van der Waals surface area contributed by atoms with E-state index in [2.05, 4.69) is 30.0 Å². The van der Waals surface area contributed by atoms with E-state index in [1.54, 1.807) is 6.92 Å². The lowest BCUT2D eigenvalue weighted by Crippen LogP contribution is -2.32. The van der Waals surface area contributed by atoms with Crippen LogP contribution in [-0.2, 0) is 13.0 Å². The minimum atomic E-state index is -0.274. The molecule has 0 aliphatic carbocycles. The monoisotopic (exact) mass is 335 g/mol. The van der Waals surface area contributed by atoms with Crippen LogP contribution in [0, 0.1) is 13.8 Å². The van der Waals surface area contributed by atoms with Gasteiger partial charge in [0, 0.05) is 16.6 Å². The zero-order valence-electron chi connectivity index (χ0n) is 14.8. The Bertz CT molecular complexity index is 1020. The van der Waals surface area contributed by atoms with Crippen molar-refractivity contribution in [2.24, 2.45) is 0 Å². The summed E-state index contributed by atoms with van der Waals surface area (Å²) in [4.78, 5) is 14.4. The van der Waals surface area contributed by atoms with Crippen LogP contribution in [0.15, 0.2) is 45.6 Å². The lowest BCUT2D eigenvalue weighted by atomic mass is 10.0. The summed E-state index contributed by atoms with van der Waals surface area (Å²) in [7, 11) is 0. The van der Waals surface area contributed by atoms with Crippen LogP contribution in [0.3, 0.4) is 0 Å². The van der Waals surface area contributed by atoms with Crippen LogP contribution in [0.25, 0.3) is 11.0 Å². The van der Waals surface area contributed by atoms with E-state index in [-0.39, 0.29) is 5.63 Å². The third-order valence-corrected chi connectivity index (χ3v) is 5.12. The molecule has 25 heavy (non-hydrogen) atoms. The molecule has 0 unspecified atom stereocenters. The summed E-state index contributed by atoms with van der Waals surface area (Å²) >= 11 is 0. The molecular formula is C21H21NO3. The van der Waals surface area contributed by atoms with Crippen LogP contribution in [-0.4, -0.2) is 6.73 Å². The number of nitrogens with zero attached hydrogens (tertiary/aromatic N) is 1. The molecular weight excluding hydrogens is 314 g/mol. The Balaban J connectivity index is 1.86. The number of ether oxygens (including phenoxy) is 1. The summed E-state index contributed by atoms with van der Waals surface area (Å²) in [5, 5.41) is 0.977. The maximum Gasteiger partial charge on any atom is 0.339 e. The van der Waals surface area contributed by atoms with Gasteiger partial charge in [0.25, 0.3) is 0 Å². The molecule has 0 spiro atoms. The predicted molar refractivity (Wildman–Crippen MR) is 99.5 cm³/mol. The molecule has 1 aromatic heterocycles. The third-order valence-electron chi connectivity index (χ3n) is 5.12. The molecule has 4 nitrogen and oxygen atoms in total. The van der Waals surface area contributed by atoms with E-state index in [1.165, 1.54) is 11.3 Å². The average molecular weight is 335 g/mol. The molecule has 4 rings (SSSR count). The van der Waals surface area contributed by atoms with Crippen LogP contribution < -0.4 is 15.3 Å². The fourth-order valence-corrected chi connectivity index (χ4v) is 3.49. The molecule has 4 heteroatoms. The first-order valence-corrected chi connectivity index (χ1v) is 8.61. The number of rotatable bonds is 2. The van der Waals surface area contributed by atoms with Gasteiger partial charge in [-0.2, -0.15) is 0 Å². The van der Waals surface area contributed by atoms with Crippen molar-refractivity contribution in [1.29, 1.82) is 0 Å². The summed E-state index contributed by atoms with van der Waals surface area (Å²) in [6.45, 7) is 7.08. The fraction of sp³-hybridized carbons (Fsp3) is 0.286. The number of hydrogen-bond donors (Lipinski definition) is 0. The van der Waals surface area contributed by atoms with Crippen molar-refractivity contribution in [2.45, 2.75) is 33.7 Å². The second-order valence-corrected chi connectivity index (χ2v) is 6.51. The van der Waals surface area contributed by atoms with Crippen LogP contribution in [0.5, 0.6) is 5.75 Å². The lowest BCUT2D eigenvalue weighted by Gasteiger charge is -2.32. The Morgan fingerprint density at radius 2 is 1.88 bits per heavy atom. The summed E-state index contributed by atoms with van der Waals surface area (Å²) in [6.07, 6.45) is 0.961. The van der Waals surface area contributed by atoms with Gasteiger partial charge in [-0.3, -0.25) is 0 Å². The quantitative estimate of drug-likeness (QED) is 0.654. The highest BCUT2D eigenvalue weighted by Crippen LogP contribution is 2.35. The Labute approximate surface area is 146 Å². The van der Waals surface area contributed by atoms with Crippen molar-refractivity contribution in [3.05, 3.63) is 69.1 Å². The van der Waals surface area contributed by atoms with Gasteiger partial charge in [-0.05, 0) is 49.6 Å².